The summed E-state index contributed by atoms with van der Waals surface area (Å²) in [5, 5.41) is 12.9. The van der Waals surface area contributed by atoms with E-state index >= 15 is 0 Å². The number of nitrogens with one attached hydrogen (secondary N) is 1. The summed E-state index contributed by atoms with van der Waals surface area (Å²) >= 11 is 0. The van der Waals surface area contributed by atoms with Gasteiger partial charge in [-0.1, -0.05) is 0 Å². The molecule has 2 rings (SSSR count). The first-order valence-electron chi connectivity index (χ1n) is 6.47. The van der Waals surface area contributed by atoms with Gasteiger partial charge >= 0.3 is 0 Å². The minimum Gasteiger partial charge on any atom is -0.508 e. The number of hydrogen-bond donors (Lipinski definition) is 4. The average Bonchev–Trinajstić information content (AvgIpc) is 2.38. The van der Waals surface area contributed by atoms with E-state index in [4.69, 9.17) is 11.5 Å². The first-order chi connectivity index (χ1) is 9.88. The summed E-state index contributed by atoms with van der Waals surface area (Å²) in [5.74, 6) is -0.404. The Balaban J connectivity index is 2.31. The Morgan fingerprint density at radius 2 is 2.05 bits per heavy atom. The second kappa shape index (κ2) is 5.70. The number of aromatic hydroxyl groups is 1. The average molecular weight is 286 g/mol. The molecule has 1 heterocycles. The molecular formula is C15H18N4O2. The number of aryl methyl sites for hydroxylation is 2. The van der Waals surface area contributed by atoms with Gasteiger partial charge < -0.3 is 21.9 Å². The van der Waals surface area contributed by atoms with Gasteiger partial charge in [-0.3, -0.25) is 9.78 Å². The van der Waals surface area contributed by atoms with Crippen LogP contribution in [0, 0.1) is 13.8 Å². The van der Waals surface area contributed by atoms with Crippen LogP contribution in [0.3, 0.4) is 0 Å². The molecule has 2 aromatic rings. The fourth-order valence-corrected chi connectivity index (χ4v) is 2.22. The predicted molar refractivity (Wildman–Crippen MR) is 82.1 cm³/mol. The number of carbonyl (C=O) groups excluding carboxylic acids is 1. The van der Waals surface area contributed by atoms with Crippen molar-refractivity contribution in [1.82, 2.24) is 4.98 Å². The zero-order valence-electron chi connectivity index (χ0n) is 12.0. The number of nitrogen functional groups attached to an aromatic ring is 1. The summed E-state index contributed by atoms with van der Waals surface area (Å²) in [6.07, 6.45) is 0. The lowest BCUT2D eigenvalue weighted by Crippen LogP contribution is -2.17. The van der Waals surface area contributed by atoms with Crippen molar-refractivity contribution < 1.29 is 9.90 Å². The zero-order valence-corrected chi connectivity index (χ0v) is 12.0. The molecule has 0 aliphatic rings. The first kappa shape index (κ1) is 14.6. The van der Waals surface area contributed by atoms with Crippen molar-refractivity contribution in [3.05, 3.63) is 46.8 Å². The SMILES string of the molecule is Cc1cc(NCc2cc(N)ccc2O)c(C(N)=O)c(C)n1. The van der Waals surface area contributed by atoms with Crippen LogP contribution >= 0.6 is 0 Å². The molecule has 0 bridgehead atoms. The highest BCUT2D eigenvalue weighted by Gasteiger charge is 2.14. The van der Waals surface area contributed by atoms with Gasteiger partial charge in [0.25, 0.3) is 5.91 Å². The fourth-order valence-electron chi connectivity index (χ4n) is 2.22. The van der Waals surface area contributed by atoms with Gasteiger partial charge in [-0.15, -0.1) is 0 Å². The number of rotatable bonds is 4. The lowest BCUT2D eigenvalue weighted by molar-refractivity contribution is 0.1000. The topological polar surface area (TPSA) is 114 Å². The minimum atomic E-state index is -0.542. The number of carbonyl (C=O) groups is 1. The van der Waals surface area contributed by atoms with Crippen LogP contribution in [-0.4, -0.2) is 16.0 Å². The summed E-state index contributed by atoms with van der Waals surface area (Å²) in [5.41, 5.74) is 14.6. The Kier molecular flexibility index (Phi) is 3.98. The number of nitrogens with zero attached hydrogens (tertiary/aromatic N) is 1. The number of pyridine rings is 1. The van der Waals surface area contributed by atoms with Crippen LogP contribution in [0.2, 0.25) is 0 Å². The lowest BCUT2D eigenvalue weighted by atomic mass is 10.1. The monoisotopic (exact) mass is 286 g/mol. The van der Waals surface area contributed by atoms with Gasteiger partial charge in [0.05, 0.1) is 16.9 Å². The Labute approximate surface area is 122 Å². The second-order valence-electron chi connectivity index (χ2n) is 4.88. The number of amides is 1. The minimum absolute atomic E-state index is 0.139. The van der Waals surface area contributed by atoms with Crippen molar-refractivity contribution in [3.63, 3.8) is 0 Å². The summed E-state index contributed by atoms with van der Waals surface area (Å²) in [6, 6.07) is 6.57. The van der Waals surface area contributed by atoms with Crippen LogP contribution in [0.1, 0.15) is 27.3 Å². The molecule has 6 heteroatoms. The molecule has 0 fully saturated rings. The number of hydrogen-bond acceptors (Lipinski definition) is 5. The molecule has 0 saturated heterocycles. The van der Waals surface area contributed by atoms with Crippen LogP contribution in [0.25, 0.3) is 0 Å². The molecular weight excluding hydrogens is 268 g/mol. The highest BCUT2D eigenvalue weighted by atomic mass is 16.3. The predicted octanol–water partition coefficient (Wildman–Crippen LogP) is 1.70. The van der Waals surface area contributed by atoms with Crippen molar-refractivity contribution in [2.75, 3.05) is 11.1 Å². The molecule has 0 atom stereocenters. The van der Waals surface area contributed by atoms with Crippen LogP contribution in [0.5, 0.6) is 5.75 Å². The van der Waals surface area contributed by atoms with Crippen molar-refractivity contribution >= 4 is 17.3 Å². The standard InChI is InChI=1S/C15H18N4O2/c1-8-5-12(14(15(17)21)9(2)19-8)18-7-10-6-11(16)3-4-13(10)20/h3-6,20H,7,16H2,1-2H3,(H2,17,21)(H,18,19). The maximum absolute atomic E-state index is 11.6. The zero-order chi connectivity index (χ0) is 15.6. The molecule has 1 aromatic carbocycles. The molecule has 6 N–H and O–H groups in total. The first-order valence-corrected chi connectivity index (χ1v) is 6.47. The van der Waals surface area contributed by atoms with E-state index in [-0.39, 0.29) is 5.75 Å². The third-order valence-corrected chi connectivity index (χ3v) is 3.15. The van der Waals surface area contributed by atoms with Gasteiger partial charge in [-0.2, -0.15) is 0 Å². The van der Waals surface area contributed by atoms with Gasteiger partial charge in [0.15, 0.2) is 0 Å². The molecule has 6 nitrogen and oxygen atoms in total. The Morgan fingerprint density at radius 3 is 2.71 bits per heavy atom. The Morgan fingerprint density at radius 1 is 1.33 bits per heavy atom. The van der Waals surface area contributed by atoms with Crippen molar-refractivity contribution in [1.29, 1.82) is 0 Å². The van der Waals surface area contributed by atoms with E-state index in [1.54, 1.807) is 25.1 Å². The number of nitrogens with two attached hydrogens (primary N) is 2. The molecule has 1 aromatic heterocycles. The molecule has 0 aliphatic carbocycles. The van der Waals surface area contributed by atoms with Crippen LogP contribution in [-0.2, 0) is 6.54 Å². The smallest absolute Gasteiger partial charge is 0.252 e. The maximum Gasteiger partial charge on any atom is 0.252 e. The van der Waals surface area contributed by atoms with E-state index in [0.717, 1.165) is 5.69 Å². The van der Waals surface area contributed by atoms with Crippen LogP contribution in [0.4, 0.5) is 11.4 Å². The van der Waals surface area contributed by atoms with E-state index in [1.807, 2.05) is 6.92 Å². The molecule has 110 valence electrons. The van der Waals surface area contributed by atoms with Gasteiger partial charge in [-0.25, -0.2) is 0 Å². The molecule has 0 radical (unpaired) electrons. The van der Waals surface area contributed by atoms with Gasteiger partial charge in [0.1, 0.15) is 5.75 Å². The number of anilines is 2. The molecule has 21 heavy (non-hydrogen) atoms. The van der Waals surface area contributed by atoms with Gasteiger partial charge in [0, 0.05) is 23.5 Å². The van der Waals surface area contributed by atoms with Crippen molar-refractivity contribution in [2.45, 2.75) is 20.4 Å². The van der Waals surface area contributed by atoms with E-state index in [0.29, 0.717) is 34.7 Å². The molecule has 1 amide bonds. The Hall–Kier alpha value is -2.76. The Bertz CT molecular complexity index is 698. The van der Waals surface area contributed by atoms with Crippen molar-refractivity contribution in [3.8, 4) is 5.75 Å². The molecule has 0 aliphatic heterocycles. The summed E-state index contributed by atoms with van der Waals surface area (Å²) in [6.45, 7) is 3.89. The van der Waals surface area contributed by atoms with Crippen molar-refractivity contribution in [2.24, 2.45) is 5.73 Å². The molecule has 0 spiro atoms. The normalized spacial score (nSPS) is 10.4. The number of aromatic nitrogens is 1. The maximum atomic E-state index is 11.6. The van der Waals surface area contributed by atoms with E-state index in [9.17, 15) is 9.90 Å². The van der Waals surface area contributed by atoms with E-state index in [1.165, 1.54) is 6.07 Å². The number of primary amides is 1. The lowest BCUT2D eigenvalue weighted by Gasteiger charge is -2.14. The van der Waals surface area contributed by atoms with Gasteiger partial charge in [-0.05, 0) is 38.1 Å². The quantitative estimate of drug-likeness (QED) is 0.504. The highest BCUT2D eigenvalue weighted by Crippen LogP contribution is 2.24. The highest BCUT2D eigenvalue weighted by molar-refractivity contribution is 5.99. The molecule has 0 unspecified atom stereocenters. The largest absolute Gasteiger partial charge is 0.508 e. The van der Waals surface area contributed by atoms with Crippen LogP contribution < -0.4 is 16.8 Å². The van der Waals surface area contributed by atoms with E-state index < -0.39 is 5.91 Å². The summed E-state index contributed by atoms with van der Waals surface area (Å²) in [4.78, 5) is 15.8. The third-order valence-electron chi connectivity index (χ3n) is 3.15. The molecule has 0 saturated carbocycles. The summed E-state index contributed by atoms with van der Waals surface area (Å²) in [7, 11) is 0. The van der Waals surface area contributed by atoms with E-state index in [2.05, 4.69) is 10.3 Å². The number of phenolic OH excluding ortho intramolecular Hbond substituents is 1. The second-order valence-corrected chi connectivity index (χ2v) is 4.88. The third kappa shape index (κ3) is 3.22. The summed E-state index contributed by atoms with van der Waals surface area (Å²) < 4.78 is 0. The number of phenols is 1. The fraction of sp³-hybridized carbons (Fsp3) is 0.200. The number of benzene rings is 1. The van der Waals surface area contributed by atoms with Crippen LogP contribution in [0.15, 0.2) is 24.3 Å². The van der Waals surface area contributed by atoms with Gasteiger partial charge in [0.2, 0.25) is 0 Å².